The highest BCUT2D eigenvalue weighted by molar-refractivity contribution is 5.22. The zero-order chi connectivity index (χ0) is 12.1. The molecule has 2 atom stereocenters. The van der Waals surface area contributed by atoms with Crippen molar-refractivity contribution in [2.75, 3.05) is 13.6 Å². The summed E-state index contributed by atoms with van der Waals surface area (Å²) in [6.07, 6.45) is 0. The summed E-state index contributed by atoms with van der Waals surface area (Å²) in [7, 11) is 1.85. The van der Waals surface area contributed by atoms with Gasteiger partial charge in [-0.25, -0.2) is 4.39 Å². The van der Waals surface area contributed by atoms with E-state index in [-0.39, 0.29) is 17.8 Å². The van der Waals surface area contributed by atoms with Crippen LogP contribution in [-0.4, -0.2) is 13.6 Å². The SMILES string of the molecule is CNC(c1ccccc1F)C(CN)C(C)C. The van der Waals surface area contributed by atoms with Crippen LogP contribution in [0.1, 0.15) is 25.5 Å². The second kappa shape index (κ2) is 5.97. The van der Waals surface area contributed by atoms with Crippen LogP contribution in [0.3, 0.4) is 0 Å². The summed E-state index contributed by atoms with van der Waals surface area (Å²) >= 11 is 0. The van der Waals surface area contributed by atoms with E-state index in [4.69, 9.17) is 5.73 Å². The van der Waals surface area contributed by atoms with Gasteiger partial charge < -0.3 is 11.1 Å². The van der Waals surface area contributed by atoms with Gasteiger partial charge in [0.15, 0.2) is 0 Å². The van der Waals surface area contributed by atoms with E-state index in [1.807, 2.05) is 19.2 Å². The van der Waals surface area contributed by atoms with E-state index in [1.54, 1.807) is 6.07 Å². The Hall–Kier alpha value is -0.930. The van der Waals surface area contributed by atoms with Gasteiger partial charge >= 0.3 is 0 Å². The van der Waals surface area contributed by atoms with Crippen molar-refractivity contribution >= 4 is 0 Å². The van der Waals surface area contributed by atoms with Crippen LogP contribution in [0, 0.1) is 17.7 Å². The molecule has 0 amide bonds. The van der Waals surface area contributed by atoms with Crippen LogP contribution in [0.25, 0.3) is 0 Å². The lowest BCUT2D eigenvalue weighted by Crippen LogP contribution is -2.34. The molecule has 0 bridgehead atoms. The number of benzene rings is 1. The molecule has 0 saturated heterocycles. The van der Waals surface area contributed by atoms with Crippen molar-refractivity contribution in [3.05, 3.63) is 35.6 Å². The highest BCUT2D eigenvalue weighted by Gasteiger charge is 2.25. The van der Waals surface area contributed by atoms with Crippen LogP contribution >= 0.6 is 0 Å². The molecule has 1 aromatic carbocycles. The van der Waals surface area contributed by atoms with Crippen molar-refractivity contribution in [2.24, 2.45) is 17.6 Å². The smallest absolute Gasteiger partial charge is 0.127 e. The Balaban J connectivity index is 3.02. The fourth-order valence-corrected chi connectivity index (χ4v) is 2.12. The summed E-state index contributed by atoms with van der Waals surface area (Å²) in [5.74, 6) is 0.491. The van der Waals surface area contributed by atoms with Crippen LogP contribution in [-0.2, 0) is 0 Å². The maximum Gasteiger partial charge on any atom is 0.127 e. The molecule has 0 radical (unpaired) electrons. The summed E-state index contributed by atoms with van der Waals surface area (Å²) < 4.78 is 13.7. The number of hydrogen-bond acceptors (Lipinski definition) is 2. The standard InChI is InChI=1S/C13H21FN2/c1-9(2)11(8-15)13(16-3)10-6-4-5-7-12(10)14/h4-7,9,11,13,16H,8,15H2,1-3H3. The van der Waals surface area contributed by atoms with Crippen molar-refractivity contribution in [1.82, 2.24) is 5.32 Å². The minimum atomic E-state index is -0.166. The summed E-state index contributed by atoms with van der Waals surface area (Å²) in [5, 5.41) is 3.17. The van der Waals surface area contributed by atoms with E-state index in [1.165, 1.54) is 6.07 Å². The molecule has 0 aliphatic carbocycles. The molecule has 0 saturated carbocycles. The van der Waals surface area contributed by atoms with Gasteiger partial charge in [-0.15, -0.1) is 0 Å². The van der Waals surface area contributed by atoms with E-state index in [0.717, 1.165) is 0 Å². The van der Waals surface area contributed by atoms with E-state index >= 15 is 0 Å². The molecule has 3 heteroatoms. The van der Waals surface area contributed by atoms with Crippen LogP contribution in [0.4, 0.5) is 4.39 Å². The van der Waals surface area contributed by atoms with Gasteiger partial charge in [0.1, 0.15) is 5.82 Å². The average molecular weight is 224 g/mol. The molecule has 0 aliphatic rings. The number of nitrogens with two attached hydrogens (primary N) is 1. The number of halogens is 1. The minimum Gasteiger partial charge on any atom is -0.330 e. The van der Waals surface area contributed by atoms with Gasteiger partial charge in [-0.05, 0) is 31.5 Å². The Bertz CT molecular complexity index is 325. The molecule has 2 nitrogen and oxygen atoms in total. The second-order valence-electron chi connectivity index (χ2n) is 4.43. The first-order chi connectivity index (χ1) is 7.61. The molecule has 0 fully saturated rings. The first-order valence-corrected chi connectivity index (χ1v) is 5.73. The average Bonchev–Trinajstić information content (AvgIpc) is 2.26. The quantitative estimate of drug-likeness (QED) is 0.805. The van der Waals surface area contributed by atoms with Crippen LogP contribution in [0.15, 0.2) is 24.3 Å². The molecule has 90 valence electrons. The second-order valence-corrected chi connectivity index (χ2v) is 4.43. The highest BCUT2D eigenvalue weighted by Crippen LogP contribution is 2.28. The van der Waals surface area contributed by atoms with Crippen molar-refractivity contribution in [3.63, 3.8) is 0 Å². The zero-order valence-corrected chi connectivity index (χ0v) is 10.2. The van der Waals surface area contributed by atoms with Crippen molar-refractivity contribution in [1.29, 1.82) is 0 Å². The molecule has 0 spiro atoms. The molecule has 0 aliphatic heterocycles. The van der Waals surface area contributed by atoms with Gasteiger partial charge in [-0.1, -0.05) is 32.0 Å². The Kier molecular flexibility index (Phi) is 4.90. The van der Waals surface area contributed by atoms with E-state index < -0.39 is 0 Å². The van der Waals surface area contributed by atoms with Crippen LogP contribution < -0.4 is 11.1 Å². The molecule has 1 aromatic rings. The lowest BCUT2D eigenvalue weighted by atomic mass is 9.84. The Morgan fingerprint density at radius 2 is 1.94 bits per heavy atom. The predicted octanol–water partition coefficient (Wildman–Crippen LogP) is 2.32. The summed E-state index contributed by atoms with van der Waals surface area (Å²) in [6, 6.07) is 6.86. The molecule has 2 unspecified atom stereocenters. The summed E-state index contributed by atoms with van der Waals surface area (Å²) in [5.41, 5.74) is 6.48. The number of rotatable bonds is 5. The van der Waals surface area contributed by atoms with E-state index in [0.29, 0.717) is 18.0 Å². The fourth-order valence-electron chi connectivity index (χ4n) is 2.12. The molecule has 1 rings (SSSR count). The number of nitrogens with one attached hydrogen (secondary N) is 1. The molecular formula is C13H21FN2. The Labute approximate surface area is 97.0 Å². The largest absolute Gasteiger partial charge is 0.330 e. The fraction of sp³-hybridized carbons (Fsp3) is 0.538. The van der Waals surface area contributed by atoms with Gasteiger partial charge in [0, 0.05) is 11.6 Å². The van der Waals surface area contributed by atoms with Gasteiger partial charge in [-0.3, -0.25) is 0 Å². The summed E-state index contributed by atoms with van der Waals surface area (Å²) in [6.45, 7) is 4.78. The minimum absolute atomic E-state index is 0.0220. The van der Waals surface area contributed by atoms with Gasteiger partial charge in [0.25, 0.3) is 0 Å². The maximum atomic E-state index is 13.7. The van der Waals surface area contributed by atoms with Crippen LogP contribution in [0.5, 0.6) is 0 Å². The van der Waals surface area contributed by atoms with Crippen molar-refractivity contribution in [2.45, 2.75) is 19.9 Å². The third-order valence-corrected chi connectivity index (χ3v) is 3.11. The lowest BCUT2D eigenvalue weighted by molar-refractivity contribution is 0.293. The molecular weight excluding hydrogens is 203 g/mol. The number of hydrogen-bond donors (Lipinski definition) is 2. The normalized spacial score (nSPS) is 15.1. The highest BCUT2D eigenvalue weighted by atomic mass is 19.1. The molecule has 0 aromatic heterocycles. The van der Waals surface area contributed by atoms with E-state index in [2.05, 4.69) is 19.2 Å². The predicted molar refractivity (Wildman–Crippen MR) is 65.6 cm³/mol. The third-order valence-electron chi connectivity index (χ3n) is 3.11. The monoisotopic (exact) mass is 224 g/mol. The summed E-state index contributed by atoms with van der Waals surface area (Å²) in [4.78, 5) is 0. The van der Waals surface area contributed by atoms with Crippen molar-refractivity contribution < 1.29 is 4.39 Å². The molecule has 16 heavy (non-hydrogen) atoms. The topological polar surface area (TPSA) is 38.0 Å². The molecule has 3 N–H and O–H groups in total. The zero-order valence-electron chi connectivity index (χ0n) is 10.2. The maximum absolute atomic E-state index is 13.7. The third kappa shape index (κ3) is 2.80. The first kappa shape index (κ1) is 13.1. The van der Waals surface area contributed by atoms with Crippen molar-refractivity contribution in [3.8, 4) is 0 Å². The Morgan fingerprint density at radius 1 is 1.31 bits per heavy atom. The first-order valence-electron chi connectivity index (χ1n) is 5.73. The Morgan fingerprint density at radius 3 is 2.38 bits per heavy atom. The van der Waals surface area contributed by atoms with Gasteiger partial charge in [-0.2, -0.15) is 0 Å². The lowest BCUT2D eigenvalue weighted by Gasteiger charge is -2.29. The van der Waals surface area contributed by atoms with E-state index in [9.17, 15) is 4.39 Å². The van der Waals surface area contributed by atoms with Crippen LogP contribution in [0.2, 0.25) is 0 Å². The van der Waals surface area contributed by atoms with Gasteiger partial charge in [0.2, 0.25) is 0 Å². The molecule has 0 heterocycles. The van der Waals surface area contributed by atoms with Gasteiger partial charge in [0.05, 0.1) is 0 Å².